The lowest BCUT2D eigenvalue weighted by molar-refractivity contribution is -0.146. The summed E-state index contributed by atoms with van der Waals surface area (Å²) < 4.78 is 0. The molecule has 5 heteroatoms. The van der Waals surface area contributed by atoms with Crippen LogP contribution in [-0.4, -0.2) is 53.7 Å². The van der Waals surface area contributed by atoms with Gasteiger partial charge in [-0.2, -0.15) is 0 Å². The third-order valence-corrected chi connectivity index (χ3v) is 4.15. The molecule has 0 bridgehead atoms. The Morgan fingerprint density at radius 1 is 1.50 bits per heavy atom. The minimum Gasteiger partial charge on any atom is -0.480 e. The van der Waals surface area contributed by atoms with Crippen molar-refractivity contribution < 1.29 is 9.90 Å². The number of hydrogen-bond donors (Lipinski definition) is 2. The summed E-state index contributed by atoms with van der Waals surface area (Å²) in [5.41, 5.74) is 0.427. The molecule has 20 heavy (non-hydrogen) atoms. The van der Waals surface area contributed by atoms with Crippen molar-refractivity contribution in [2.75, 3.05) is 27.2 Å². The number of pyridine rings is 1. The highest BCUT2D eigenvalue weighted by molar-refractivity contribution is 5.80. The summed E-state index contributed by atoms with van der Waals surface area (Å²) in [6.45, 7) is 1.38. The molecule has 0 aromatic carbocycles. The van der Waals surface area contributed by atoms with Crippen molar-refractivity contribution in [2.45, 2.75) is 24.8 Å². The van der Waals surface area contributed by atoms with Crippen molar-refractivity contribution in [1.29, 1.82) is 0 Å². The van der Waals surface area contributed by atoms with Crippen molar-refractivity contribution in [3.05, 3.63) is 30.1 Å². The second-order valence-corrected chi connectivity index (χ2v) is 5.64. The van der Waals surface area contributed by atoms with Crippen LogP contribution < -0.4 is 5.32 Å². The van der Waals surface area contributed by atoms with Gasteiger partial charge in [-0.3, -0.25) is 9.78 Å². The number of aliphatic carboxylic acids is 1. The van der Waals surface area contributed by atoms with Gasteiger partial charge < -0.3 is 15.3 Å². The van der Waals surface area contributed by atoms with Crippen LogP contribution in [0.1, 0.15) is 18.4 Å². The first-order valence-electron chi connectivity index (χ1n) is 7.08. The topological polar surface area (TPSA) is 65.5 Å². The predicted molar refractivity (Wildman–Crippen MR) is 77.6 cm³/mol. The van der Waals surface area contributed by atoms with Crippen molar-refractivity contribution in [3.8, 4) is 0 Å². The summed E-state index contributed by atoms with van der Waals surface area (Å²) >= 11 is 0. The second kappa shape index (κ2) is 6.33. The Balaban J connectivity index is 1.92. The van der Waals surface area contributed by atoms with Crippen LogP contribution in [0.15, 0.2) is 24.5 Å². The number of carbonyl (C=O) groups is 1. The lowest BCUT2D eigenvalue weighted by Gasteiger charge is -2.33. The zero-order valence-corrected chi connectivity index (χ0v) is 12.2. The molecule has 1 unspecified atom stereocenters. The molecule has 1 aromatic heterocycles. The standard InChI is InChI=1S/C15H23N3O2/c1-16-15(14(19)20,13-3-4-13)11-18(2)10-7-12-5-8-17-9-6-12/h5-6,8-9,13,16H,3-4,7,10-11H2,1-2H3,(H,19,20). The normalized spacial score (nSPS) is 17.9. The lowest BCUT2D eigenvalue weighted by atomic mass is 9.92. The highest BCUT2D eigenvalue weighted by atomic mass is 16.4. The lowest BCUT2D eigenvalue weighted by Crippen LogP contribution is -2.59. The Kier molecular flexibility index (Phi) is 4.73. The van der Waals surface area contributed by atoms with Crippen molar-refractivity contribution in [1.82, 2.24) is 15.2 Å². The molecule has 110 valence electrons. The van der Waals surface area contributed by atoms with Crippen LogP contribution in [0.3, 0.4) is 0 Å². The van der Waals surface area contributed by atoms with E-state index in [1.165, 1.54) is 5.56 Å². The number of nitrogens with one attached hydrogen (secondary N) is 1. The molecular weight excluding hydrogens is 254 g/mol. The van der Waals surface area contributed by atoms with Gasteiger partial charge in [0.05, 0.1) is 0 Å². The average molecular weight is 277 g/mol. The van der Waals surface area contributed by atoms with E-state index < -0.39 is 11.5 Å². The Hall–Kier alpha value is -1.46. The molecule has 1 aromatic rings. The molecule has 2 N–H and O–H groups in total. The van der Waals surface area contributed by atoms with E-state index in [-0.39, 0.29) is 5.92 Å². The Morgan fingerprint density at radius 2 is 2.15 bits per heavy atom. The first kappa shape index (κ1) is 14.9. The Labute approximate surface area is 120 Å². The maximum Gasteiger partial charge on any atom is 0.325 e. The van der Waals surface area contributed by atoms with Crippen molar-refractivity contribution >= 4 is 5.97 Å². The van der Waals surface area contributed by atoms with Gasteiger partial charge >= 0.3 is 5.97 Å². The Morgan fingerprint density at radius 3 is 2.65 bits per heavy atom. The smallest absolute Gasteiger partial charge is 0.325 e. The van der Waals surface area contributed by atoms with Crippen molar-refractivity contribution in [2.24, 2.45) is 5.92 Å². The number of aromatic nitrogens is 1. The highest BCUT2D eigenvalue weighted by Gasteiger charge is 2.50. The van der Waals surface area contributed by atoms with Crippen LogP contribution in [0.5, 0.6) is 0 Å². The summed E-state index contributed by atoms with van der Waals surface area (Å²) in [4.78, 5) is 17.7. The quantitative estimate of drug-likeness (QED) is 0.742. The van der Waals surface area contributed by atoms with Gasteiger partial charge in [-0.1, -0.05) is 0 Å². The van der Waals surface area contributed by atoms with Gasteiger partial charge in [-0.15, -0.1) is 0 Å². The molecule has 1 aliphatic rings. The first-order chi connectivity index (χ1) is 9.58. The molecular formula is C15H23N3O2. The summed E-state index contributed by atoms with van der Waals surface area (Å²) in [7, 11) is 3.74. The summed E-state index contributed by atoms with van der Waals surface area (Å²) in [6, 6.07) is 3.99. The van der Waals surface area contributed by atoms with Crippen LogP contribution >= 0.6 is 0 Å². The summed E-state index contributed by atoms with van der Waals surface area (Å²) in [5, 5.41) is 12.6. The number of rotatable bonds is 8. The third-order valence-electron chi connectivity index (χ3n) is 4.15. The van der Waals surface area contributed by atoms with E-state index >= 15 is 0 Å². The van der Waals surface area contributed by atoms with Gasteiger partial charge in [0.25, 0.3) is 0 Å². The van der Waals surface area contributed by atoms with Crippen LogP contribution in [0.25, 0.3) is 0 Å². The highest BCUT2D eigenvalue weighted by Crippen LogP contribution is 2.40. The number of hydrogen-bond acceptors (Lipinski definition) is 4. The van der Waals surface area contributed by atoms with Crippen LogP contribution in [-0.2, 0) is 11.2 Å². The van der Waals surface area contributed by atoms with Crippen LogP contribution in [0.4, 0.5) is 0 Å². The van der Waals surface area contributed by atoms with E-state index in [0.29, 0.717) is 6.54 Å². The van der Waals surface area contributed by atoms with E-state index in [4.69, 9.17) is 0 Å². The van der Waals surface area contributed by atoms with Crippen LogP contribution in [0.2, 0.25) is 0 Å². The zero-order chi connectivity index (χ0) is 14.6. The number of nitrogens with zero attached hydrogens (tertiary/aromatic N) is 2. The molecule has 1 fully saturated rings. The minimum atomic E-state index is -0.799. The van der Waals surface area contributed by atoms with Gasteiger partial charge in [0.1, 0.15) is 5.54 Å². The van der Waals surface area contributed by atoms with Gasteiger partial charge in [-0.05, 0) is 57.0 Å². The van der Waals surface area contributed by atoms with E-state index in [1.54, 1.807) is 19.4 Å². The molecule has 1 heterocycles. The maximum absolute atomic E-state index is 11.6. The fraction of sp³-hybridized carbons (Fsp3) is 0.600. The average Bonchev–Trinajstić information content (AvgIpc) is 3.28. The third kappa shape index (κ3) is 3.35. The number of carboxylic acid groups (broad SMARTS) is 1. The van der Waals surface area contributed by atoms with E-state index in [2.05, 4.69) is 15.2 Å². The molecule has 0 amide bonds. The Bertz CT molecular complexity index is 448. The molecule has 0 saturated heterocycles. The molecule has 1 atom stereocenters. The van der Waals surface area contributed by atoms with E-state index in [1.807, 2.05) is 19.2 Å². The summed E-state index contributed by atoms with van der Waals surface area (Å²) in [5.74, 6) is -0.480. The molecule has 2 rings (SSSR count). The van der Waals surface area contributed by atoms with Gasteiger partial charge in [0.2, 0.25) is 0 Å². The SMILES string of the molecule is CNC(CN(C)CCc1ccncc1)(C(=O)O)C1CC1. The monoisotopic (exact) mass is 277 g/mol. The molecule has 5 nitrogen and oxygen atoms in total. The molecule has 1 saturated carbocycles. The van der Waals surface area contributed by atoms with Gasteiger partial charge in [0, 0.05) is 25.5 Å². The molecule has 0 radical (unpaired) electrons. The zero-order valence-electron chi connectivity index (χ0n) is 12.2. The maximum atomic E-state index is 11.6. The van der Waals surface area contributed by atoms with Crippen LogP contribution in [0, 0.1) is 5.92 Å². The molecule has 1 aliphatic carbocycles. The largest absolute Gasteiger partial charge is 0.480 e. The fourth-order valence-electron chi connectivity index (χ4n) is 2.71. The summed E-state index contributed by atoms with van der Waals surface area (Å²) in [6.07, 6.45) is 6.49. The van der Waals surface area contributed by atoms with E-state index in [0.717, 1.165) is 25.8 Å². The van der Waals surface area contributed by atoms with Gasteiger partial charge in [-0.25, -0.2) is 0 Å². The fourth-order valence-corrected chi connectivity index (χ4v) is 2.71. The number of carboxylic acids is 1. The van der Waals surface area contributed by atoms with Gasteiger partial charge in [0.15, 0.2) is 0 Å². The minimum absolute atomic E-state index is 0.258. The van der Waals surface area contributed by atoms with Crippen molar-refractivity contribution in [3.63, 3.8) is 0 Å². The van der Waals surface area contributed by atoms with E-state index in [9.17, 15) is 9.90 Å². The molecule has 0 spiro atoms. The molecule has 0 aliphatic heterocycles. The number of likely N-dealkylation sites (N-methyl/N-ethyl adjacent to an activating group) is 2. The predicted octanol–water partition coefficient (Wildman–Crippen LogP) is 1.01. The second-order valence-electron chi connectivity index (χ2n) is 5.64. The first-order valence-corrected chi connectivity index (χ1v) is 7.08.